The zero-order valence-electron chi connectivity index (χ0n) is 14.5. The number of hydrogen-bond acceptors (Lipinski definition) is 3. The third kappa shape index (κ3) is 2.54. The number of rotatable bonds is 3. The van der Waals surface area contributed by atoms with Crippen LogP contribution in [0.3, 0.4) is 0 Å². The number of aromatic nitrogens is 3. The van der Waals surface area contributed by atoms with Gasteiger partial charge in [-0.1, -0.05) is 18.2 Å². The first kappa shape index (κ1) is 16.3. The van der Waals surface area contributed by atoms with Crippen LogP contribution < -0.4 is 10.3 Å². The summed E-state index contributed by atoms with van der Waals surface area (Å²) in [6, 6.07) is 7.51. The number of methoxy groups -OCH3 is 1. The molecule has 132 valence electrons. The highest BCUT2D eigenvalue weighted by Gasteiger charge is 2.29. The van der Waals surface area contributed by atoms with E-state index in [0.29, 0.717) is 17.5 Å². The number of hydrogen-bond donors (Lipinski definition) is 1. The van der Waals surface area contributed by atoms with Crippen LogP contribution in [0, 0.1) is 0 Å². The first-order valence-corrected chi connectivity index (χ1v) is 8.30. The van der Waals surface area contributed by atoms with Crippen molar-refractivity contribution in [1.29, 1.82) is 0 Å². The summed E-state index contributed by atoms with van der Waals surface area (Å²) in [6.07, 6.45) is 8.60. The van der Waals surface area contributed by atoms with E-state index in [1.807, 2.05) is 48.0 Å². The van der Waals surface area contributed by atoms with Crippen molar-refractivity contribution in [2.45, 2.75) is 18.9 Å². The Balaban J connectivity index is 1.95. The molecule has 0 fully saturated rings. The molecule has 1 atom stereocenters. The average molecular weight is 351 g/mol. The molecule has 0 radical (unpaired) electrons. The zero-order valence-corrected chi connectivity index (χ0v) is 14.5. The fraction of sp³-hybridized carbons (Fsp3) is 0.200. The van der Waals surface area contributed by atoms with E-state index in [1.165, 1.54) is 12.4 Å². The fourth-order valence-corrected chi connectivity index (χ4v) is 3.33. The molecule has 0 spiro atoms. The van der Waals surface area contributed by atoms with E-state index in [9.17, 15) is 9.18 Å². The molecule has 2 aromatic heterocycles. The fourth-order valence-electron chi connectivity index (χ4n) is 3.33. The van der Waals surface area contributed by atoms with Crippen LogP contribution >= 0.6 is 0 Å². The lowest BCUT2D eigenvalue weighted by molar-refractivity contribution is 0.414. The maximum absolute atomic E-state index is 13.4. The average Bonchev–Trinajstić information content (AvgIpc) is 3.06. The van der Waals surface area contributed by atoms with Gasteiger partial charge in [0.2, 0.25) is 0 Å². The summed E-state index contributed by atoms with van der Waals surface area (Å²) in [5.41, 5.74) is 1.53. The molecule has 1 N–H and O–H groups in total. The molecule has 4 rings (SSSR count). The van der Waals surface area contributed by atoms with Gasteiger partial charge in [0.05, 0.1) is 24.4 Å². The van der Waals surface area contributed by atoms with Crippen molar-refractivity contribution in [3.05, 3.63) is 71.2 Å². The molecule has 0 saturated carbocycles. The van der Waals surface area contributed by atoms with Crippen LogP contribution in [-0.4, -0.2) is 21.6 Å². The normalized spacial score (nSPS) is 19.6. The smallest absolute Gasteiger partial charge is 0.260 e. The topological polar surface area (TPSA) is 59.9 Å². The lowest BCUT2D eigenvalue weighted by Crippen LogP contribution is -2.28. The molecule has 1 aliphatic carbocycles. The second-order valence-corrected chi connectivity index (χ2v) is 6.56. The minimum Gasteiger partial charge on any atom is -0.497 e. The van der Waals surface area contributed by atoms with Crippen molar-refractivity contribution >= 4 is 11.0 Å². The van der Waals surface area contributed by atoms with Gasteiger partial charge in [-0.2, -0.15) is 0 Å². The highest BCUT2D eigenvalue weighted by atomic mass is 19.1. The van der Waals surface area contributed by atoms with E-state index in [2.05, 4.69) is 9.97 Å². The van der Waals surface area contributed by atoms with Crippen LogP contribution in [0.2, 0.25) is 0 Å². The minimum absolute atomic E-state index is 0.204. The van der Waals surface area contributed by atoms with E-state index in [0.717, 1.165) is 16.9 Å². The third-order valence-electron chi connectivity index (χ3n) is 4.85. The van der Waals surface area contributed by atoms with E-state index in [-0.39, 0.29) is 11.4 Å². The third-order valence-corrected chi connectivity index (χ3v) is 4.85. The van der Waals surface area contributed by atoms with Gasteiger partial charge in [0.1, 0.15) is 17.2 Å². The molecular weight excluding hydrogens is 333 g/mol. The first-order chi connectivity index (χ1) is 12.5. The molecule has 0 bridgehead atoms. The highest BCUT2D eigenvalue weighted by Crippen LogP contribution is 2.36. The summed E-state index contributed by atoms with van der Waals surface area (Å²) < 4.78 is 20.6. The molecule has 1 aromatic carbocycles. The summed E-state index contributed by atoms with van der Waals surface area (Å²) in [4.78, 5) is 19.6. The Morgan fingerprint density at radius 1 is 1.31 bits per heavy atom. The van der Waals surface area contributed by atoms with Crippen molar-refractivity contribution in [3.8, 4) is 16.9 Å². The Morgan fingerprint density at radius 3 is 2.73 bits per heavy atom. The van der Waals surface area contributed by atoms with Crippen molar-refractivity contribution in [2.24, 2.45) is 0 Å². The van der Waals surface area contributed by atoms with E-state index < -0.39 is 5.54 Å². The second-order valence-electron chi connectivity index (χ2n) is 6.56. The number of allylic oxidation sites excluding steroid dienone is 4. The minimum atomic E-state index is -0.501. The SMILES string of the molecule is COc1ccc(-c2cn(C3(C)C=CC(F)=CC3)c3nc[nH]c(=O)c23)cc1. The predicted octanol–water partition coefficient (Wildman–Crippen LogP) is 3.93. The van der Waals surface area contributed by atoms with Gasteiger partial charge < -0.3 is 14.3 Å². The van der Waals surface area contributed by atoms with Crippen LogP contribution in [0.1, 0.15) is 13.3 Å². The van der Waals surface area contributed by atoms with Gasteiger partial charge in [-0.3, -0.25) is 4.79 Å². The van der Waals surface area contributed by atoms with Gasteiger partial charge in [-0.15, -0.1) is 0 Å². The van der Waals surface area contributed by atoms with E-state index in [1.54, 1.807) is 13.2 Å². The Morgan fingerprint density at radius 2 is 2.08 bits per heavy atom. The molecule has 2 heterocycles. The van der Waals surface area contributed by atoms with Gasteiger partial charge >= 0.3 is 0 Å². The quantitative estimate of drug-likeness (QED) is 0.778. The van der Waals surface area contributed by atoms with Crippen molar-refractivity contribution in [3.63, 3.8) is 0 Å². The monoisotopic (exact) mass is 351 g/mol. The Bertz CT molecular complexity index is 1090. The highest BCUT2D eigenvalue weighted by molar-refractivity contribution is 5.93. The van der Waals surface area contributed by atoms with Crippen molar-refractivity contribution < 1.29 is 9.13 Å². The second kappa shape index (κ2) is 5.98. The number of fused-ring (bicyclic) bond motifs is 1. The number of halogens is 1. The van der Waals surface area contributed by atoms with Crippen LogP contribution in [0.4, 0.5) is 4.39 Å². The van der Waals surface area contributed by atoms with E-state index in [4.69, 9.17) is 4.74 Å². The number of nitrogens with one attached hydrogen (secondary N) is 1. The lowest BCUT2D eigenvalue weighted by atomic mass is 9.93. The Hall–Kier alpha value is -3.15. The summed E-state index contributed by atoms with van der Waals surface area (Å²) in [6.45, 7) is 1.99. The summed E-state index contributed by atoms with van der Waals surface area (Å²) >= 11 is 0. The molecule has 6 heteroatoms. The zero-order chi connectivity index (χ0) is 18.3. The lowest BCUT2D eigenvalue weighted by Gasteiger charge is -2.29. The number of H-pyrrole nitrogens is 1. The van der Waals surface area contributed by atoms with Crippen LogP contribution in [0.25, 0.3) is 22.2 Å². The molecule has 26 heavy (non-hydrogen) atoms. The van der Waals surface area contributed by atoms with E-state index >= 15 is 0 Å². The molecule has 1 aliphatic rings. The van der Waals surface area contributed by atoms with Crippen LogP contribution in [0.5, 0.6) is 5.75 Å². The number of ether oxygens (including phenoxy) is 1. The Kier molecular flexibility index (Phi) is 3.76. The molecule has 0 amide bonds. The number of nitrogens with zero attached hydrogens (tertiary/aromatic N) is 2. The van der Waals surface area contributed by atoms with Crippen LogP contribution in [-0.2, 0) is 5.54 Å². The van der Waals surface area contributed by atoms with Gasteiger partial charge in [0, 0.05) is 11.8 Å². The number of aromatic amines is 1. The molecule has 1 unspecified atom stereocenters. The summed E-state index contributed by atoms with van der Waals surface area (Å²) in [5.74, 6) is 0.493. The van der Waals surface area contributed by atoms with Crippen molar-refractivity contribution in [2.75, 3.05) is 7.11 Å². The Labute approximate surface area is 149 Å². The maximum atomic E-state index is 13.4. The predicted molar refractivity (Wildman–Crippen MR) is 98.9 cm³/mol. The first-order valence-electron chi connectivity index (χ1n) is 8.30. The molecule has 5 nitrogen and oxygen atoms in total. The van der Waals surface area contributed by atoms with Gasteiger partial charge in [0.15, 0.2) is 0 Å². The maximum Gasteiger partial charge on any atom is 0.260 e. The molecular formula is C20H18FN3O2. The number of benzene rings is 1. The molecule has 3 aromatic rings. The van der Waals surface area contributed by atoms with Gasteiger partial charge in [0.25, 0.3) is 5.56 Å². The largest absolute Gasteiger partial charge is 0.497 e. The molecule has 0 saturated heterocycles. The molecule has 0 aliphatic heterocycles. The van der Waals surface area contributed by atoms with Crippen LogP contribution in [0.15, 0.2) is 65.6 Å². The summed E-state index contributed by atoms with van der Waals surface area (Å²) in [5, 5.41) is 0.516. The van der Waals surface area contributed by atoms with Gasteiger partial charge in [-0.25, -0.2) is 9.37 Å². The van der Waals surface area contributed by atoms with Gasteiger partial charge in [-0.05, 0) is 43.2 Å². The standard InChI is InChI=1S/C20H18FN3O2/c1-20(9-7-14(21)8-10-20)24-11-16(13-3-5-15(26-2)6-4-13)17-18(24)22-12-23-19(17)25/h3-9,11-12H,10H2,1-2H3,(H,22,23,25). The summed E-state index contributed by atoms with van der Waals surface area (Å²) in [7, 11) is 1.61. The van der Waals surface area contributed by atoms with Crippen molar-refractivity contribution in [1.82, 2.24) is 14.5 Å².